The Kier molecular flexibility index (Phi) is 4.43. The molecule has 0 heterocycles. The molecule has 0 bridgehead atoms. The van der Waals surface area contributed by atoms with Gasteiger partial charge in [0.05, 0.1) is 0 Å². The Hall–Kier alpha value is -0.530. The SMILES string of the molecule is CCC(C)C(NC)c1ccc(Cl)cc1. The topological polar surface area (TPSA) is 12.0 Å². The average molecular weight is 212 g/mol. The van der Waals surface area contributed by atoms with E-state index in [1.807, 2.05) is 19.2 Å². The van der Waals surface area contributed by atoms with Gasteiger partial charge in [0, 0.05) is 11.1 Å². The largest absolute Gasteiger partial charge is 0.313 e. The van der Waals surface area contributed by atoms with Crippen molar-refractivity contribution in [2.45, 2.75) is 26.3 Å². The van der Waals surface area contributed by atoms with Gasteiger partial charge in [0.1, 0.15) is 0 Å². The van der Waals surface area contributed by atoms with Gasteiger partial charge in [-0.2, -0.15) is 0 Å². The van der Waals surface area contributed by atoms with E-state index in [2.05, 4.69) is 31.3 Å². The maximum absolute atomic E-state index is 5.85. The van der Waals surface area contributed by atoms with Crippen LogP contribution in [0.5, 0.6) is 0 Å². The summed E-state index contributed by atoms with van der Waals surface area (Å²) in [4.78, 5) is 0. The molecule has 78 valence electrons. The molecule has 0 aromatic heterocycles. The zero-order chi connectivity index (χ0) is 10.6. The molecule has 1 N–H and O–H groups in total. The summed E-state index contributed by atoms with van der Waals surface area (Å²) in [7, 11) is 2.01. The predicted molar refractivity (Wildman–Crippen MR) is 62.7 cm³/mol. The lowest BCUT2D eigenvalue weighted by Crippen LogP contribution is -2.22. The fourth-order valence-electron chi connectivity index (χ4n) is 1.69. The van der Waals surface area contributed by atoms with Crippen LogP contribution in [0.25, 0.3) is 0 Å². The first kappa shape index (κ1) is 11.5. The van der Waals surface area contributed by atoms with Crippen molar-refractivity contribution in [3.8, 4) is 0 Å². The first-order valence-corrected chi connectivity index (χ1v) is 5.49. The van der Waals surface area contributed by atoms with Gasteiger partial charge in [-0.25, -0.2) is 0 Å². The van der Waals surface area contributed by atoms with Gasteiger partial charge < -0.3 is 5.32 Å². The lowest BCUT2D eigenvalue weighted by Gasteiger charge is -2.22. The fourth-order valence-corrected chi connectivity index (χ4v) is 1.81. The highest BCUT2D eigenvalue weighted by molar-refractivity contribution is 6.30. The number of rotatable bonds is 4. The molecular formula is C12H18ClN. The van der Waals surface area contributed by atoms with E-state index < -0.39 is 0 Å². The molecule has 0 saturated heterocycles. The van der Waals surface area contributed by atoms with Crippen molar-refractivity contribution in [1.82, 2.24) is 5.32 Å². The molecular weight excluding hydrogens is 194 g/mol. The first-order valence-electron chi connectivity index (χ1n) is 5.11. The molecule has 0 aliphatic rings. The summed E-state index contributed by atoms with van der Waals surface area (Å²) in [5.74, 6) is 0.640. The van der Waals surface area contributed by atoms with Crippen LogP contribution in [0.15, 0.2) is 24.3 Å². The number of halogens is 1. The van der Waals surface area contributed by atoms with E-state index in [0.717, 1.165) is 5.02 Å². The normalized spacial score (nSPS) is 15.1. The maximum Gasteiger partial charge on any atom is 0.0406 e. The molecule has 1 nitrogen and oxygen atoms in total. The molecule has 1 aromatic rings. The lowest BCUT2D eigenvalue weighted by molar-refractivity contribution is 0.400. The molecule has 2 unspecified atom stereocenters. The minimum Gasteiger partial charge on any atom is -0.313 e. The summed E-state index contributed by atoms with van der Waals surface area (Å²) in [5.41, 5.74) is 1.31. The Morgan fingerprint density at radius 2 is 1.86 bits per heavy atom. The molecule has 0 aliphatic carbocycles. The summed E-state index contributed by atoms with van der Waals surface area (Å²) in [6, 6.07) is 8.51. The third kappa shape index (κ3) is 2.73. The summed E-state index contributed by atoms with van der Waals surface area (Å²) in [5, 5.41) is 4.14. The van der Waals surface area contributed by atoms with E-state index in [0.29, 0.717) is 12.0 Å². The molecule has 0 aliphatic heterocycles. The second kappa shape index (κ2) is 5.38. The van der Waals surface area contributed by atoms with E-state index in [1.165, 1.54) is 12.0 Å². The first-order chi connectivity index (χ1) is 6.69. The van der Waals surface area contributed by atoms with Gasteiger partial charge in [0.2, 0.25) is 0 Å². The molecule has 2 atom stereocenters. The van der Waals surface area contributed by atoms with Gasteiger partial charge in [0.25, 0.3) is 0 Å². The van der Waals surface area contributed by atoms with Crippen LogP contribution < -0.4 is 5.32 Å². The Balaban J connectivity index is 2.84. The Labute approximate surface area is 91.5 Å². The van der Waals surface area contributed by atoms with E-state index in [4.69, 9.17) is 11.6 Å². The number of nitrogens with one attached hydrogen (secondary N) is 1. The van der Waals surface area contributed by atoms with Gasteiger partial charge in [0.15, 0.2) is 0 Å². The van der Waals surface area contributed by atoms with Crippen molar-refractivity contribution in [2.24, 2.45) is 5.92 Å². The second-order valence-electron chi connectivity index (χ2n) is 3.70. The molecule has 14 heavy (non-hydrogen) atoms. The molecule has 1 rings (SSSR count). The van der Waals surface area contributed by atoms with Gasteiger partial charge in [-0.3, -0.25) is 0 Å². The van der Waals surface area contributed by atoms with Crippen LogP contribution >= 0.6 is 11.6 Å². The summed E-state index contributed by atoms with van der Waals surface area (Å²) in [6.45, 7) is 4.47. The molecule has 0 fully saturated rings. The van der Waals surface area contributed by atoms with Crippen molar-refractivity contribution < 1.29 is 0 Å². The minimum atomic E-state index is 0.428. The van der Waals surface area contributed by atoms with Crippen LogP contribution in [-0.2, 0) is 0 Å². The smallest absolute Gasteiger partial charge is 0.0406 e. The van der Waals surface area contributed by atoms with Crippen LogP contribution in [-0.4, -0.2) is 7.05 Å². The number of benzene rings is 1. The molecule has 0 amide bonds. The van der Waals surface area contributed by atoms with Gasteiger partial charge in [-0.1, -0.05) is 44.0 Å². The number of hydrogen-bond donors (Lipinski definition) is 1. The van der Waals surface area contributed by atoms with Gasteiger partial charge in [-0.15, -0.1) is 0 Å². The molecule has 2 heteroatoms. The molecule has 0 saturated carbocycles. The highest BCUT2D eigenvalue weighted by Gasteiger charge is 2.15. The lowest BCUT2D eigenvalue weighted by atomic mass is 9.93. The van der Waals surface area contributed by atoms with Crippen LogP contribution in [0, 0.1) is 5.92 Å². The van der Waals surface area contributed by atoms with Crippen LogP contribution in [0.3, 0.4) is 0 Å². The van der Waals surface area contributed by atoms with Crippen LogP contribution in [0.2, 0.25) is 5.02 Å². The fraction of sp³-hybridized carbons (Fsp3) is 0.500. The quantitative estimate of drug-likeness (QED) is 0.802. The van der Waals surface area contributed by atoms with E-state index in [-0.39, 0.29) is 0 Å². The summed E-state index contributed by atoms with van der Waals surface area (Å²) >= 11 is 5.85. The standard InChI is InChI=1S/C12H18ClN/c1-4-9(2)12(14-3)10-5-7-11(13)8-6-10/h5-9,12,14H,4H2,1-3H3. The zero-order valence-corrected chi connectivity index (χ0v) is 9.81. The zero-order valence-electron chi connectivity index (χ0n) is 9.05. The summed E-state index contributed by atoms with van der Waals surface area (Å²) < 4.78 is 0. The number of hydrogen-bond acceptors (Lipinski definition) is 1. The summed E-state index contributed by atoms with van der Waals surface area (Å²) in [6.07, 6.45) is 1.17. The van der Waals surface area contributed by atoms with E-state index >= 15 is 0 Å². The Bertz CT molecular complexity index is 268. The van der Waals surface area contributed by atoms with Crippen molar-refractivity contribution in [3.05, 3.63) is 34.9 Å². The third-order valence-electron chi connectivity index (χ3n) is 2.75. The van der Waals surface area contributed by atoms with Crippen molar-refractivity contribution in [2.75, 3.05) is 7.05 Å². The van der Waals surface area contributed by atoms with Crippen LogP contribution in [0.1, 0.15) is 31.9 Å². The predicted octanol–water partition coefficient (Wildman–Crippen LogP) is 3.65. The molecule has 0 spiro atoms. The van der Waals surface area contributed by atoms with Crippen molar-refractivity contribution in [1.29, 1.82) is 0 Å². The Morgan fingerprint density at radius 1 is 1.29 bits per heavy atom. The highest BCUT2D eigenvalue weighted by atomic mass is 35.5. The van der Waals surface area contributed by atoms with Gasteiger partial charge in [-0.05, 0) is 30.7 Å². The molecule has 1 aromatic carbocycles. The van der Waals surface area contributed by atoms with Crippen molar-refractivity contribution >= 4 is 11.6 Å². The van der Waals surface area contributed by atoms with Crippen molar-refractivity contribution in [3.63, 3.8) is 0 Å². The monoisotopic (exact) mass is 211 g/mol. The average Bonchev–Trinajstić information content (AvgIpc) is 2.21. The second-order valence-corrected chi connectivity index (χ2v) is 4.14. The van der Waals surface area contributed by atoms with E-state index in [1.54, 1.807) is 0 Å². The molecule has 0 radical (unpaired) electrons. The highest BCUT2D eigenvalue weighted by Crippen LogP contribution is 2.24. The minimum absolute atomic E-state index is 0.428. The van der Waals surface area contributed by atoms with E-state index in [9.17, 15) is 0 Å². The maximum atomic E-state index is 5.85. The third-order valence-corrected chi connectivity index (χ3v) is 3.01. The van der Waals surface area contributed by atoms with Crippen LogP contribution in [0.4, 0.5) is 0 Å². The Morgan fingerprint density at radius 3 is 2.29 bits per heavy atom. The van der Waals surface area contributed by atoms with Gasteiger partial charge >= 0.3 is 0 Å².